The van der Waals surface area contributed by atoms with Gasteiger partial charge in [0.25, 0.3) is 0 Å². The topological polar surface area (TPSA) is 125 Å². The van der Waals surface area contributed by atoms with E-state index in [0.717, 1.165) is 12.0 Å². The number of rotatable bonds is 5. The first-order valence-corrected chi connectivity index (χ1v) is 7.23. The standard InChI is InChI=1S/C15H21N5O2/c16-8-13(21)20-7-1-2-12(20)15(22)19-9-10-3-5-11(6-4-10)14(17)18/h3-6,12H,1-2,7-9,16H2,(H3,17,18)(H,19,22). The number of nitrogens with two attached hydrogens (primary N) is 2. The van der Waals surface area contributed by atoms with Crippen molar-refractivity contribution < 1.29 is 9.59 Å². The lowest BCUT2D eigenvalue weighted by molar-refractivity contribution is -0.137. The Morgan fingerprint density at radius 3 is 2.59 bits per heavy atom. The van der Waals surface area contributed by atoms with Crippen LogP contribution in [-0.2, 0) is 16.1 Å². The van der Waals surface area contributed by atoms with Crippen LogP contribution in [0.5, 0.6) is 0 Å². The SMILES string of the molecule is N=C(N)c1ccc(CNC(=O)C2CCCN2C(=O)CN)cc1. The first-order chi connectivity index (χ1) is 10.5. The molecule has 2 rings (SSSR count). The van der Waals surface area contributed by atoms with Crippen LogP contribution < -0.4 is 16.8 Å². The van der Waals surface area contributed by atoms with E-state index in [1.165, 1.54) is 0 Å². The lowest BCUT2D eigenvalue weighted by Crippen LogP contribution is -2.47. The molecule has 0 bridgehead atoms. The van der Waals surface area contributed by atoms with Crippen LogP contribution in [0.25, 0.3) is 0 Å². The van der Waals surface area contributed by atoms with Crippen molar-refractivity contribution in [3.05, 3.63) is 35.4 Å². The second-order valence-electron chi connectivity index (χ2n) is 5.28. The van der Waals surface area contributed by atoms with E-state index in [0.29, 0.717) is 25.1 Å². The molecule has 1 heterocycles. The molecule has 0 spiro atoms. The van der Waals surface area contributed by atoms with E-state index in [1.807, 2.05) is 12.1 Å². The molecule has 1 aromatic carbocycles. The molecule has 1 fully saturated rings. The van der Waals surface area contributed by atoms with Crippen LogP contribution in [0.1, 0.15) is 24.0 Å². The van der Waals surface area contributed by atoms with Crippen LogP contribution in [0.3, 0.4) is 0 Å². The van der Waals surface area contributed by atoms with Crippen molar-refractivity contribution in [2.75, 3.05) is 13.1 Å². The minimum absolute atomic E-state index is 0.0116. The zero-order chi connectivity index (χ0) is 16.1. The Balaban J connectivity index is 1.92. The maximum atomic E-state index is 12.2. The number of amidine groups is 1. The average molecular weight is 303 g/mol. The van der Waals surface area contributed by atoms with Gasteiger partial charge in [-0.25, -0.2) is 0 Å². The Morgan fingerprint density at radius 2 is 2.00 bits per heavy atom. The molecular formula is C15H21N5O2. The highest BCUT2D eigenvalue weighted by Crippen LogP contribution is 2.17. The Hall–Kier alpha value is -2.41. The molecule has 0 aromatic heterocycles. The van der Waals surface area contributed by atoms with Gasteiger partial charge in [0.05, 0.1) is 6.54 Å². The largest absolute Gasteiger partial charge is 0.384 e. The van der Waals surface area contributed by atoms with Crippen molar-refractivity contribution in [2.45, 2.75) is 25.4 Å². The quantitative estimate of drug-likeness (QED) is 0.433. The smallest absolute Gasteiger partial charge is 0.243 e. The highest BCUT2D eigenvalue weighted by molar-refractivity contribution is 5.94. The summed E-state index contributed by atoms with van der Waals surface area (Å²) in [6.07, 6.45) is 1.48. The highest BCUT2D eigenvalue weighted by Gasteiger charge is 2.33. The first kappa shape index (κ1) is 16.0. The summed E-state index contributed by atoms with van der Waals surface area (Å²) in [6, 6.07) is 6.68. The van der Waals surface area contributed by atoms with Crippen LogP contribution in [0.2, 0.25) is 0 Å². The number of carbonyl (C=O) groups is 2. The molecule has 22 heavy (non-hydrogen) atoms. The minimum atomic E-state index is -0.424. The van der Waals surface area contributed by atoms with Gasteiger partial charge in [0.15, 0.2) is 0 Å². The number of carbonyl (C=O) groups excluding carboxylic acids is 2. The fraction of sp³-hybridized carbons (Fsp3) is 0.400. The fourth-order valence-corrected chi connectivity index (χ4v) is 2.56. The van der Waals surface area contributed by atoms with Gasteiger partial charge in [0.1, 0.15) is 11.9 Å². The predicted molar refractivity (Wildman–Crippen MR) is 83.1 cm³/mol. The van der Waals surface area contributed by atoms with Gasteiger partial charge in [-0.3, -0.25) is 15.0 Å². The monoisotopic (exact) mass is 303 g/mol. The van der Waals surface area contributed by atoms with Gasteiger partial charge in [-0.1, -0.05) is 24.3 Å². The zero-order valence-electron chi connectivity index (χ0n) is 12.3. The van der Waals surface area contributed by atoms with Gasteiger partial charge in [-0.05, 0) is 18.4 Å². The Labute approximate surface area is 129 Å². The summed E-state index contributed by atoms with van der Waals surface area (Å²) in [5.41, 5.74) is 12.3. The summed E-state index contributed by atoms with van der Waals surface area (Å²) in [6.45, 7) is 0.885. The zero-order valence-corrected chi connectivity index (χ0v) is 12.3. The normalized spacial score (nSPS) is 17.3. The van der Waals surface area contributed by atoms with E-state index in [1.54, 1.807) is 17.0 Å². The molecular weight excluding hydrogens is 282 g/mol. The van der Waals surface area contributed by atoms with Gasteiger partial charge >= 0.3 is 0 Å². The number of amides is 2. The van der Waals surface area contributed by atoms with Crippen molar-refractivity contribution in [2.24, 2.45) is 11.5 Å². The Kier molecular flexibility index (Phi) is 5.11. The molecule has 0 radical (unpaired) electrons. The number of hydrogen-bond acceptors (Lipinski definition) is 4. The summed E-state index contributed by atoms with van der Waals surface area (Å²) < 4.78 is 0. The van der Waals surface area contributed by atoms with Gasteiger partial charge in [-0.15, -0.1) is 0 Å². The van der Waals surface area contributed by atoms with Gasteiger partial charge in [-0.2, -0.15) is 0 Å². The summed E-state index contributed by atoms with van der Waals surface area (Å²) >= 11 is 0. The molecule has 6 N–H and O–H groups in total. The second kappa shape index (κ2) is 7.04. The summed E-state index contributed by atoms with van der Waals surface area (Å²) in [5, 5.41) is 10.2. The maximum absolute atomic E-state index is 12.2. The van der Waals surface area contributed by atoms with Gasteiger partial charge in [0, 0.05) is 18.7 Å². The third-order valence-electron chi connectivity index (χ3n) is 3.78. The number of benzene rings is 1. The van der Waals surface area contributed by atoms with E-state index >= 15 is 0 Å². The number of hydrogen-bond donors (Lipinski definition) is 4. The van der Waals surface area contributed by atoms with Crippen LogP contribution in [-0.4, -0.2) is 41.7 Å². The van der Waals surface area contributed by atoms with Crippen molar-refractivity contribution in [3.8, 4) is 0 Å². The number of likely N-dealkylation sites (tertiary alicyclic amines) is 1. The lowest BCUT2D eigenvalue weighted by atomic mass is 10.1. The number of nitrogens with zero attached hydrogens (tertiary/aromatic N) is 1. The molecule has 1 aliphatic rings. The van der Waals surface area contributed by atoms with Crippen molar-refractivity contribution >= 4 is 17.6 Å². The summed E-state index contributed by atoms with van der Waals surface area (Å²) in [5.74, 6) is -0.337. The predicted octanol–water partition coefficient (Wildman–Crippen LogP) is -0.463. The average Bonchev–Trinajstić information content (AvgIpc) is 3.01. The molecule has 0 aliphatic carbocycles. The van der Waals surface area contributed by atoms with Crippen LogP contribution in [0, 0.1) is 5.41 Å². The van der Waals surface area contributed by atoms with Crippen LogP contribution in [0.4, 0.5) is 0 Å². The third-order valence-corrected chi connectivity index (χ3v) is 3.78. The molecule has 2 amide bonds. The number of nitrogens with one attached hydrogen (secondary N) is 2. The molecule has 1 saturated heterocycles. The second-order valence-corrected chi connectivity index (χ2v) is 5.28. The summed E-state index contributed by atoms with van der Waals surface area (Å²) in [7, 11) is 0. The Bertz CT molecular complexity index is 570. The Morgan fingerprint density at radius 1 is 1.32 bits per heavy atom. The minimum Gasteiger partial charge on any atom is -0.384 e. The van der Waals surface area contributed by atoms with Gasteiger partial charge < -0.3 is 21.7 Å². The fourth-order valence-electron chi connectivity index (χ4n) is 2.56. The van der Waals surface area contributed by atoms with E-state index in [-0.39, 0.29) is 24.2 Å². The van der Waals surface area contributed by atoms with E-state index < -0.39 is 6.04 Å². The molecule has 1 aliphatic heterocycles. The molecule has 118 valence electrons. The summed E-state index contributed by atoms with van der Waals surface area (Å²) in [4.78, 5) is 25.5. The maximum Gasteiger partial charge on any atom is 0.243 e. The van der Waals surface area contributed by atoms with Crippen molar-refractivity contribution in [1.29, 1.82) is 5.41 Å². The molecule has 1 unspecified atom stereocenters. The molecule has 1 atom stereocenters. The molecule has 1 aromatic rings. The van der Waals surface area contributed by atoms with Crippen LogP contribution in [0.15, 0.2) is 24.3 Å². The highest BCUT2D eigenvalue weighted by atomic mass is 16.2. The number of nitrogen functional groups attached to an aromatic ring is 1. The van der Waals surface area contributed by atoms with Crippen molar-refractivity contribution in [1.82, 2.24) is 10.2 Å². The molecule has 7 heteroatoms. The molecule has 7 nitrogen and oxygen atoms in total. The van der Waals surface area contributed by atoms with E-state index in [9.17, 15) is 9.59 Å². The van der Waals surface area contributed by atoms with Crippen LogP contribution >= 0.6 is 0 Å². The van der Waals surface area contributed by atoms with E-state index in [4.69, 9.17) is 16.9 Å². The van der Waals surface area contributed by atoms with E-state index in [2.05, 4.69) is 5.32 Å². The first-order valence-electron chi connectivity index (χ1n) is 7.23. The van der Waals surface area contributed by atoms with Crippen molar-refractivity contribution in [3.63, 3.8) is 0 Å². The lowest BCUT2D eigenvalue weighted by Gasteiger charge is -2.23. The van der Waals surface area contributed by atoms with Gasteiger partial charge in [0.2, 0.25) is 11.8 Å². The third kappa shape index (κ3) is 3.62. The molecule has 0 saturated carbocycles.